The van der Waals surface area contributed by atoms with Crippen LogP contribution in [0.2, 0.25) is 0 Å². The molecule has 2 rings (SSSR count). The zero-order valence-electron chi connectivity index (χ0n) is 11.4. The number of aliphatic hydroxyl groups is 1. The molecule has 1 unspecified atom stereocenters. The molecule has 5 nitrogen and oxygen atoms in total. The second-order valence-electron chi connectivity index (χ2n) is 4.47. The van der Waals surface area contributed by atoms with Gasteiger partial charge in [-0.15, -0.1) is 0 Å². The minimum atomic E-state index is -0.746. The predicted molar refractivity (Wildman–Crippen MR) is 75.4 cm³/mol. The molecule has 0 fully saturated rings. The Kier molecular flexibility index (Phi) is 4.10. The molecular formula is C15H16O5. The summed E-state index contributed by atoms with van der Waals surface area (Å²) in [6.45, 7) is 5.46. The summed E-state index contributed by atoms with van der Waals surface area (Å²) in [7, 11) is 1.49. The van der Waals surface area contributed by atoms with Gasteiger partial charge in [-0.2, -0.15) is 0 Å². The predicted octanol–water partition coefficient (Wildman–Crippen LogP) is 2.12. The average Bonchev–Trinajstić information content (AvgIpc) is 2.43. The van der Waals surface area contributed by atoms with E-state index in [-0.39, 0.29) is 6.61 Å². The van der Waals surface area contributed by atoms with Gasteiger partial charge in [0.25, 0.3) is 0 Å². The number of hydrogen-bond donors (Lipinski definition) is 1. The van der Waals surface area contributed by atoms with E-state index in [2.05, 4.69) is 6.58 Å². The van der Waals surface area contributed by atoms with Crippen LogP contribution in [0.4, 0.5) is 0 Å². The van der Waals surface area contributed by atoms with Gasteiger partial charge < -0.3 is 19.0 Å². The van der Waals surface area contributed by atoms with Gasteiger partial charge in [-0.3, -0.25) is 0 Å². The lowest BCUT2D eigenvalue weighted by molar-refractivity contribution is 0.133. The summed E-state index contributed by atoms with van der Waals surface area (Å²) in [4.78, 5) is 11.2. The first-order chi connectivity index (χ1) is 9.51. The van der Waals surface area contributed by atoms with E-state index >= 15 is 0 Å². The molecule has 2 aromatic rings. The number of rotatable bonds is 5. The fraction of sp³-hybridized carbons (Fsp3) is 0.267. The van der Waals surface area contributed by atoms with E-state index in [9.17, 15) is 9.90 Å². The third-order valence-electron chi connectivity index (χ3n) is 2.87. The number of fused-ring (bicyclic) bond motifs is 1. The van der Waals surface area contributed by atoms with E-state index in [0.717, 1.165) is 0 Å². The monoisotopic (exact) mass is 276 g/mol. The maximum absolute atomic E-state index is 11.2. The molecule has 0 aliphatic carbocycles. The van der Waals surface area contributed by atoms with Crippen LogP contribution >= 0.6 is 0 Å². The van der Waals surface area contributed by atoms with Crippen molar-refractivity contribution in [1.29, 1.82) is 0 Å². The van der Waals surface area contributed by atoms with Gasteiger partial charge in [-0.1, -0.05) is 6.58 Å². The smallest absolute Gasteiger partial charge is 0.336 e. The van der Waals surface area contributed by atoms with Crippen LogP contribution in [0.5, 0.6) is 11.5 Å². The van der Waals surface area contributed by atoms with E-state index < -0.39 is 11.7 Å². The molecule has 0 amide bonds. The van der Waals surface area contributed by atoms with Crippen LogP contribution in [-0.4, -0.2) is 24.9 Å². The van der Waals surface area contributed by atoms with Crippen LogP contribution in [-0.2, 0) is 0 Å². The highest BCUT2D eigenvalue weighted by atomic mass is 16.5. The summed E-state index contributed by atoms with van der Waals surface area (Å²) in [6, 6.07) is 6.26. The number of benzene rings is 1. The second-order valence-corrected chi connectivity index (χ2v) is 4.47. The van der Waals surface area contributed by atoms with Crippen molar-refractivity contribution >= 4 is 11.0 Å². The fourth-order valence-corrected chi connectivity index (χ4v) is 1.66. The zero-order chi connectivity index (χ0) is 14.7. The summed E-state index contributed by atoms with van der Waals surface area (Å²) in [5.74, 6) is 0.898. The summed E-state index contributed by atoms with van der Waals surface area (Å²) < 4.78 is 15.8. The SMILES string of the molecule is C=C(C)C(O)COc1cc2ccc(=O)oc2cc1OC. The minimum absolute atomic E-state index is 0.0774. The molecule has 5 heteroatoms. The Bertz CT molecular complexity index is 686. The molecular weight excluding hydrogens is 260 g/mol. The molecule has 20 heavy (non-hydrogen) atoms. The Balaban J connectivity index is 2.34. The van der Waals surface area contributed by atoms with E-state index in [4.69, 9.17) is 13.9 Å². The maximum atomic E-state index is 11.2. The molecule has 0 saturated carbocycles. The first kappa shape index (κ1) is 14.1. The summed E-state index contributed by atoms with van der Waals surface area (Å²) in [5.41, 5.74) is 0.615. The van der Waals surface area contributed by atoms with Crippen LogP contribution in [0.15, 0.2) is 45.6 Å². The molecule has 0 bridgehead atoms. The lowest BCUT2D eigenvalue weighted by Gasteiger charge is -2.14. The standard InChI is InChI=1S/C15H16O5/c1-9(2)11(16)8-19-14-6-10-4-5-15(17)20-12(10)7-13(14)18-3/h4-7,11,16H,1,8H2,2-3H3. The molecule has 0 aliphatic heterocycles. The highest BCUT2D eigenvalue weighted by Gasteiger charge is 2.11. The van der Waals surface area contributed by atoms with Gasteiger partial charge in [0.15, 0.2) is 11.5 Å². The summed E-state index contributed by atoms with van der Waals surface area (Å²) in [6.07, 6.45) is -0.746. The highest BCUT2D eigenvalue weighted by Crippen LogP contribution is 2.32. The Morgan fingerprint density at radius 1 is 1.40 bits per heavy atom. The number of ether oxygens (including phenoxy) is 2. The number of methoxy groups -OCH3 is 1. The largest absolute Gasteiger partial charge is 0.493 e. The van der Waals surface area contributed by atoms with E-state index in [0.29, 0.717) is 28.0 Å². The van der Waals surface area contributed by atoms with Crippen molar-refractivity contribution in [2.24, 2.45) is 0 Å². The van der Waals surface area contributed by atoms with Gasteiger partial charge in [0, 0.05) is 17.5 Å². The summed E-state index contributed by atoms with van der Waals surface area (Å²) >= 11 is 0. The first-order valence-corrected chi connectivity index (χ1v) is 6.09. The highest BCUT2D eigenvalue weighted by molar-refractivity contribution is 5.80. The topological polar surface area (TPSA) is 68.9 Å². The Morgan fingerprint density at radius 3 is 2.80 bits per heavy atom. The van der Waals surface area contributed by atoms with Crippen LogP contribution in [0.1, 0.15) is 6.92 Å². The second kappa shape index (κ2) is 5.79. The van der Waals surface area contributed by atoms with Crippen LogP contribution < -0.4 is 15.1 Å². The van der Waals surface area contributed by atoms with Gasteiger partial charge in [-0.25, -0.2) is 4.79 Å². The van der Waals surface area contributed by atoms with E-state index in [1.54, 1.807) is 25.1 Å². The Hall–Kier alpha value is -2.27. The lowest BCUT2D eigenvalue weighted by Crippen LogP contribution is -2.18. The molecule has 1 aromatic carbocycles. The maximum Gasteiger partial charge on any atom is 0.336 e. The van der Waals surface area contributed by atoms with Crippen molar-refractivity contribution < 1.29 is 19.0 Å². The lowest BCUT2D eigenvalue weighted by atomic mass is 10.2. The van der Waals surface area contributed by atoms with Crippen molar-refractivity contribution in [3.05, 3.63) is 46.8 Å². The van der Waals surface area contributed by atoms with Gasteiger partial charge in [0.05, 0.1) is 7.11 Å². The zero-order valence-corrected chi connectivity index (χ0v) is 11.4. The minimum Gasteiger partial charge on any atom is -0.493 e. The van der Waals surface area contributed by atoms with Gasteiger partial charge >= 0.3 is 5.63 Å². The normalized spacial score (nSPS) is 12.2. The molecule has 1 aromatic heterocycles. The van der Waals surface area contributed by atoms with Crippen molar-refractivity contribution in [3.63, 3.8) is 0 Å². The van der Waals surface area contributed by atoms with Crippen LogP contribution in [0.3, 0.4) is 0 Å². The number of hydrogen-bond acceptors (Lipinski definition) is 5. The van der Waals surface area contributed by atoms with Crippen molar-refractivity contribution in [1.82, 2.24) is 0 Å². The van der Waals surface area contributed by atoms with Gasteiger partial charge in [0.1, 0.15) is 18.3 Å². The molecule has 0 spiro atoms. The van der Waals surface area contributed by atoms with Crippen molar-refractivity contribution in [2.45, 2.75) is 13.0 Å². The molecule has 0 aliphatic rings. The third kappa shape index (κ3) is 3.00. The van der Waals surface area contributed by atoms with Gasteiger partial charge in [0.2, 0.25) is 0 Å². The van der Waals surface area contributed by atoms with Crippen molar-refractivity contribution in [3.8, 4) is 11.5 Å². The molecule has 1 N–H and O–H groups in total. The third-order valence-corrected chi connectivity index (χ3v) is 2.87. The van der Waals surface area contributed by atoms with Crippen LogP contribution in [0.25, 0.3) is 11.0 Å². The molecule has 0 radical (unpaired) electrons. The molecule has 1 atom stereocenters. The fourth-order valence-electron chi connectivity index (χ4n) is 1.66. The van der Waals surface area contributed by atoms with E-state index in [1.807, 2.05) is 0 Å². The van der Waals surface area contributed by atoms with Gasteiger partial charge in [-0.05, 0) is 24.6 Å². The number of aliphatic hydroxyl groups excluding tert-OH is 1. The van der Waals surface area contributed by atoms with Crippen molar-refractivity contribution in [2.75, 3.05) is 13.7 Å². The molecule has 106 valence electrons. The molecule has 1 heterocycles. The Morgan fingerprint density at radius 2 is 2.15 bits per heavy atom. The Labute approximate surface area is 116 Å². The van der Waals surface area contributed by atoms with Crippen LogP contribution in [0, 0.1) is 0 Å². The summed E-state index contributed by atoms with van der Waals surface area (Å²) in [5, 5.41) is 10.4. The molecule has 0 saturated heterocycles. The first-order valence-electron chi connectivity index (χ1n) is 6.09. The van der Waals surface area contributed by atoms with E-state index in [1.165, 1.54) is 13.2 Å². The average molecular weight is 276 g/mol. The quantitative estimate of drug-likeness (QED) is 0.669.